The number of hydrogen-bond acceptors (Lipinski definition) is 6. The molecular formula is C65H112O6. The number of ether oxygens (including phenoxy) is 3. The first-order valence-electron chi connectivity index (χ1n) is 30.1. The van der Waals surface area contributed by atoms with Gasteiger partial charge < -0.3 is 14.2 Å². The molecule has 71 heavy (non-hydrogen) atoms. The summed E-state index contributed by atoms with van der Waals surface area (Å²) in [7, 11) is 0. The van der Waals surface area contributed by atoms with E-state index in [1.807, 2.05) is 0 Å². The molecular weight excluding hydrogens is 877 g/mol. The Morgan fingerprint density at radius 1 is 0.296 bits per heavy atom. The molecule has 1 atom stereocenters. The van der Waals surface area contributed by atoms with E-state index in [0.717, 1.165) is 109 Å². The van der Waals surface area contributed by atoms with Crippen LogP contribution in [0.25, 0.3) is 0 Å². The number of esters is 3. The molecule has 0 fully saturated rings. The summed E-state index contributed by atoms with van der Waals surface area (Å²) in [6.45, 7) is 6.50. The second kappa shape index (κ2) is 59.2. The summed E-state index contributed by atoms with van der Waals surface area (Å²) in [6.07, 6.45) is 77.1. The van der Waals surface area contributed by atoms with Crippen molar-refractivity contribution in [3.05, 3.63) is 85.1 Å². The minimum atomic E-state index is -0.790. The van der Waals surface area contributed by atoms with Crippen LogP contribution in [0.4, 0.5) is 0 Å². The summed E-state index contributed by atoms with van der Waals surface area (Å²) < 4.78 is 16.9. The van der Waals surface area contributed by atoms with Gasteiger partial charge in [0.25, 0.3) is 0 Å². The highest BCUT2D eigenvalue weighted by molar-refractivity contribution is 5.71. The highest BCUT2D eigenvalue weighted by Gasteiger charge is 2.19. The number of rotatable bonds is 54. The SMILES string of the molecule is CC/C=C\C/C=C\C/C=C\C/C=C\CCCCCCCCC(=O)OC(COC(=O)CCCCCCC/C=C\CCCCCC)COC(=O)CCCCCCCCCCC/C=C\C/C=C\CCCCCCC. The van der Waals surface area contributed by atoms with Crippen molar-refractivity contribution in [3.8, 4) is 0 Å². The van der Waals surface area contributed by atoms with Gasteiger partial charge in [-0.2, -0.15) is 0 Å². The summed E-state index contributed by atoms with van der Waals surface area (Å²) in [5.74, 6) is -0.906. The molecule has 0 saturated heterocycles. The van der Waals surface area contributed by atoms with Crippen LogP contribution < -0.4 is 0 Å². The highest BCUT2D eigenvalue weighted by atomic mass is 16.6. The van der Waals surface area contributed by atoms with E-state index in [0.29, 0.717) is 19.3 Å². The Hall–Kier alpha value is -3.41. The monoisotopic (exact) mass is 989 g/mol. The van der Waals surface area contributed by atoms with E-state index < -0.39 is 6.10 Å². The van der Waals surface area contributed by atoms with Gasteiger partial charge in [0.1, 0.15) is 13.2 Å². The molecule has 0 heterocycles. The third kappa shape index (κ3) is 57.4. The van der Waals surface area contributed by atoms with Gasteiger partial charge in [-0.05, 0) is 116 Å². The third-order valence-electron chi connectivity index (χ3n) is 12.9. The molecule has 0 aromatic heterocycles. The largest absolute Gasteiger partial charge is 0.462 e. The van der Waals surface area contributed by atoms with Gasteiger partial charge in [0.2, 0.25) is 0 Å². The average molecular weight is 990 g/mol. The zero-order chi connectivity index (χ0) is 51.4. The summed E-state index contributed by atoms with van der Waals surface area (Å²) in [5.41, 5.74) is 0. The third-order valence-corrected chi connectivity index (χ3v) is 12.9. The lowest BCUT2D eigenvalue weighted by Crippen LogP contribution is -2.30. The molecule has 0 rings (SSSR count). The first-order valence-corrected chi connectivity index (χ1v) is 30.1. The Morgan fingerprint density at radius 3 is 0.887 bits per heavy atom. The molecule has 0 amide bonds. The van der Waals surface area contributed by atoms with Crippen molar-refractivity contribution in [2.45, 2.75) is 297 Å². The lowest BCUT2D eigenvalue weighted by Gasteiger charge is -2.18. The van der Waals surface area contributed by atoms with Gasteiger partial charge >= 0.3 is 17.9 Å². The van der Waals surface area contributed by atoms with Crippen LogP contribution in [0.3, 0.4) is 0 Å². The van der Waals surface area contributed by atoms with Gasteiger partial charge in [-0.15, -0.1) is 0 Å². The fourth-order valence-corrected chi connectivity index (χ4v) is 8.34. The molecule has 0 aliphatic heterocycles. The molecule has 0 aliphatic carbocycles. The molecule has 6 heteroatoms. The zero-order valence-electron chi connectivity index (χ0n) is 46.7. The molecule has 0 aromatic rings. The maximum absolute atomic E-state index is 12.9. The summed E-state index contributed by atoms with van der Waals surface area (Å²) in [6, 6.07) is 0. The van der Waals surface area contributed by atoms with Crippen LogP contribution in [0.1, 0.15) is 290 Å². The van der Waals surface area contributed by atoms with Crippen molar-refractivity contribution in [2.75, 3.05) is 13.2 Å². The van der Waals surface area contributed by atoms with E-state index in [1.165, 1.54) is 141 Å². The number of unbranched alkanes of at least 4 members (excludes halogenated alkanes) is 29. The van der Waals surface area contributed by atoms with E-state index in [4.69, 9.17) is 14.2 Å². The van der Waals surface area contributed by atoms with Gasteiger partial charge in [-0.1, -0.05) is 241 Å². The first kappa shape index (κ1) is 67.6. The minimum Gasteiger partial charge on any atom is -0.462 e. The van der Waals surface area contributed by atoms with Crippen molar-refractivity contribution in [1.82, 2.24) is 0 Å². The van der Waals surface area contributed by atoms with Crippen molar-refractivity contribution in [2.24, 2.45) is 0 Å². The fourth-order valence-electron chi connectivity index (χ4n) is 8.34. The lowest BCUT2D eigenvalue weighted by atomic mass is 10.1. The van der Waals surface area contributed by atoms with Crippen molar-refractivity contribution < 1.29 is 28.6 Å². The summed E-state index contributed by atoms with van der Waals surface area (Å²) in [4.78, 5) is 38.2. The van der Waals surface area contributed by atoms with Crippen LogP contribution in [0.5, 0.6) is 0 Å². The van der Waals surface area contributed by atoms with Crippen molar-refractivity contribution in [3.63, 3.8) is 0 Å². The molecule has 0 N–H and O–H groups in total. The van der Waals surface area contributed by atoms with E-state index in [9.17, 15) is 14.4 Å². The van der Waals surface area contributed by atoms with Crippen LogP contribution in [-0.2, 0) is 28.6 Å². The maximum Gasteiger partial charge on any atom is 0.306 e. The predicted molar refractivity (Wildman–Crippen MR) is 307 cm³/mol. The standard InChI is InChI=1S/C65H112O6/c1-4-7-10-13-16-19-22-25-27-29-31-32-34-35-37-40-43-46-49-52-55-58-64(67)70-61-62(60-69-63(66)57-54-51-48-45-42-39-24-21-18-15-12-9-6-3)71-65(68)59-56-53-50-47-44-41-38-36-33-30-28-26-23-20-17-14-11-8-5-2/h8,11,17,20-22,24-26,28-29,31,33,36,62H,4-7,9-10,12-16,18-19,23,27,30,32,34-35,37-61H2,1-3H3/b11-8-,20-17-,24-21-,25-22-,28-26-,31-29-,36-33-. The van der Waals surface area contributed by atoms with E-state index in [-0.39, 0.29) is 31.1 Å². The second-order valence-corrected chi connectivity index (χ2v) is 19.9. The number of carbonyl (C=O) groups excluding carboxylic acids is 3. The van der Waals surface area contributed by atoms with Crippen LogP contribution in [0.2, 0.25) is 0 Å². The normalized spacial score (nSPS) is 12.7. The van der Waals surface area contributed by atoms with Gasteiger partial charge in [-0.25, -0.2) is 0 Å². The predicted octanol–water partition coefficient (Wildman–Crippen LogP) is 20.3. The zero-order valence-corrected chi connectivity index (χ0v) is 46.7. The van der Waals surface area contributed by atoms with Gasteiger partial charge in [0, 0.05) is 19.3 Å². The van der Waals surface area contributed by atoms with Crippen molar-refractivity contribution in [1.29, 1.82) is 0 Å². The molecule has 0 aliphatic rings. The number of carbonyl (C=O) groups is 3. The van der Waals surface area contributed by atoms with Gasteiger partial charge in [0.15, 0.2) is 6.10 Å². The summed E-state index contributed by atoms with van der Waals surface area (Å²) in [5, 5.41) is 0. The Bertz CT molecular complexity index is 1370. The van der Waals surface area contributed by atoms with Gasteiger partial charge in [-0.3, -0.25) is 14.4 Å². The fraction of sp³-hybridized carbons (Fsp3) is 0.738. The Kier molecular flexibility index (Phi) is 56.3. The molecule has 1 unspecified atom stereocenters. The maximum atomic E-state index is 12.9. The first-order chi connectivity index (χ1) is 35.0. The lowest BCUT2D eigenvalue weighted by molar-refractivity contribution is -0.167. The highest BCUT2D eigenvalue weighted by Crippen LogP contribution is 2.15. The minimum absolute atomic E-state index is 0.0869. The Labute approximate surface area is 439 Å². The molecule has 408 valence electrons. The second-order valence-electron chi connectivity index (χ2n) is 19.9. The van der Waals surface area contributed by atoms with Crippen LogP contribution >= 0.6 is 0 Å². The van der Waals surface area contributed by atoms with Crippen LogP contribution in [-0.4, -0.2) is 37.2 Å². The van der Waals surface area contributed by atoms with E-state index in [2.05, 4.69) is 106 Å². The van der Waals surface area contributed by atoms with Gasteiger partial charge in [0.05, 0.1) is 0 Å². The topological polar surface area (TPSA) is 78.9 Å². The smallest absolute Gasteiger partial charge is 0.306 e. The quantitative estimate of drug-likeness (QED) is 0.0261. The molecule has 0 bridgehead atoms. The molecule has 0 radical (unpaired) electrons. The molecule has 0 aromatic carbocycles. The average Bonchev–Trinajstić information content (AvgIpc) is 3.37. The summed E-state index contributed by atoms with van der Waals surface area (Å²) >= 11 is 0. The van der Waals surface area contributed by atoms with E-state index in [1.54, 1.807) is 0 Å². The van der Waals surface area contributed by atoms with Crippen molar-refractivity contribution >= 4 is 17.9 Å². The van der Waals surface area contributed by atoms with E-state index >= 15 is 0 Å². The van der Waals surface area contributed by atoms with Crippen LogP contribution in [0.15, 0.2) is 85.1 Å². The Balaban J connectivity index is 4.39. The number of hydrogen-bond donors (Lipinski definition) is 0. The van der Waals surface area contributed by atoms with Crippen LogP contribution in [0, 0.1) is 0 Å². The Morgan fingerprint density at radius 2 is 0.549 bits per heavy atom. The molecule has 6 nitrogen and oxygen atoms in total. The number of allylic oxidation sites excluding steroid dienone is 14. The molecule has 0 spiro atoms. The molecule has 0 saturated carbocycles.